The summed E-state index contributed by atoms with van der Waals surface area (Å²) in [5.74, 6) is 1.07. The van der Waals surface area contributed by atoms with Gasteiger partial charge in [0.15, 0.2) is 0 Å². The largest absolute Gasteiger partial charge is 0.493 e. The maximum atomic E-state index is 12.5. The van der Waals surface area contributed by atoms with Crippen molar-refractivity contribution in [3.63, 3.8) is 0 Å². The molecule has 1 aliphatic carbocycles. The van der Waals surface area contributed by atoms with Gasteiger partial charge >= 0.3 is 0 Å². The highest BCUT2D eigenvalue weighted by Gasteiger charge is 2.27. The lowest BCUT2D eigenvalue weighted by Crippen LogP contribution is -2.23. The molecule has 0 saturated carbocycles. The van der Waals surface area contributed by atoms with E-state index in [1.165, 1.54) is 16.7 Å². The van der Waals surface area contributed by atoms with Crippen LogP contribution in [0.1, 0.15) is 16.7 Å². The molecule has 0 fully saturated rings. The molecule has 1 N–H and O–H groups in total. The second-order valence-electron chi connectivity index (χ2n) is 5.93. The Morgan fingerprint density at radius 2 is 1.95 bits per heavy atom. The molecule has 0 bridgehead atoms. The van der Waals surface area contributed by atoms with E-state index in [0.717, 1.165) is 41.8 Å². The van der Waals surface area contributed by atoms with Crippen molar-refractivity contribution in [3.8, 4) is 5.75 Å². The lowest BCUT2D eigenvalue weighted by Gasteiger charge is -2.11. The number of hydrogen-bond donors (Lipinski definition) is 1. The van der Waals surface area contributed by atoms with E-state index in [1.807, 2.05) is 24.3 Å². The fourth-order valence-electron chi connectivity index (χ4n) is 3.28. The van der Waals surface area contributed by atoms with Gasteiger partial charge < -0.3 is 10.1 Å². The molecule has 1 aliphatic heterocycles. The highest BCUT2D eigenvalue weighted by atomic mass is 79.9. The Morgan fingerprint density at radius 1 is 1.09 bits per heavy atom. The van der Waals surface area contributed by atoms with Crippen LogP contribution in [0.15, 0.2) is 40.9 Å². The molecule has 3 nitrogen and oxygen atoms in total. The number of fused-ring (bicyclic) bond motifs is 2. The molecule has 0 aromatic heterocycles. The molecule has 2 aromatic carbocycles. The van der Waals surface area contributed by atoms with Crippen LogP contribution in [0.25, 0.3) is 0 Å². The van der Waals surface area contributed by atoms with Crippen LogP contribution in [0.4, 0.5) is 5.69 Å². The summed E-state index contributed by atoms with van der Waals surface area (Å²) in [5, 5.41) is 3.06. The van der Waals surface area contributed by atoms with Gasteiger partial charge in [-0.05, 0) is 59.9 Å². The topological polar surface area (TPSA) is 38.3 Å². The van der Waals surface area contributed by atoms with Crippen molar-refractivity contribution in [1.82, 2.24) is 0 Å². The number of halogens is 1. The number of ether oxygens (including phenoxy) is 1. The van der Waals surface area contributed by atoms with Crippen LogP contribution in [-0.2, 0) is 24.1 Å². The number of amides is 1. The molecule has 1 amide bonds. The third-order valence-corrected chi connectivity index (χ3v) is 4.92. The predicted octanol–water partition coefficient (Wildman–Crippen LogP) is 3.74. The third kappa shape index (κ3) is 2.52. The molecular formula is C18H16BrNO2. The van der Waals surface area contributed by atoms with Crippen LogP contribution in [-0.4, -0.2) is 12.5 Å². The minimum atomic E-state index is 0.0220. The van der Waals surface area contributed by atoms with Crippen LogP contribution >= 0.6 is 15.9 Å². The summed E-state index contributed by atoms with van der Waals surface area (Å²) in [6, 6.07) is 12.2. The van der Waals surface area contributed by atoms with Crippen molar-refractivity contribution >= 4 is 27.5 Å². The zero-order valence-electron chi connectivity index (χ0n) is 12.1. The molecule has 0 saturated heterocycles. The Balaban J connectivity index is 1.47. The highest BCUT2D eigenvalue weighted by Crippen LogP contribution is 2.31. The Hall–Kier alpha value is -1.81. The Bertz CT molecular complexity index is 757. The number of benzene rings is 2. The Kier molecular flexibility index (Phi) is 3.41. The van der Waals surface area contributed by atoms with Gasteiger partial charge in [-0.15, -0.1) is 0 Å². The van der Waals surface area contributed by atoms with E-state index in [9.17, 15) is 4.79 Å². The second-order valence-corrected chi connectivity index (χ2v) is 6.84. The van der Waals surface area contributed by atoms with Gasteiger partial charge in [-0.3, -0.25) is 4.79 Å². The van der Waals surface area contributed by atoms with Crippen LogP contribution in [0.3, 0.4) is 0 Å². The number of carbonyl (C=O) groups is 1. The summed E-state index contributed by atoms with van der Waals surface area (Å²) in [5.41, 5.74) is 4.60. The minimum absolute atomic E-state index is 0.0220. The molecule has 4 rings (SSSR count). The normalized spacial score (nSPS) is 18.5. The molecule has 1 heterocycles. The first-order valence-electron chi connectivity index (χ1n) is 7.53. The predicted molar refractivity (Wildman–Crippen MR) is 89.3 cm³/mol. The van der Waals surface area contributed by atoms with Crippen LogP contribution in [0.2, 0.25) is 0 Å². The van der Waals surface area contributed by atoms with E-state index in [2.05, 4.69) is 33.4 Å². The summed E-state index contributed by atoms with van der Waals surface area (Å²) in [4.78, 5) is 12.5. The molecule has 2 aromatic rings. The molecule has 2 aliphatic rings. The smallest absolute Gasteiger partial charge is 0.228 e. The molecule has 0 radical (unpaired) electrons. The molecule has 22 heavy (non-hydrogen) atoms. The van der Waals surface area contributed by atoms with Crippen molar-refractivity contribution in [2.24, 2.45) is 5.92 Å². The van der Waals surface area contributed by atoms with Crippen LogP contribution in [0, 0.1) is 5.92 Å². The van der Waals surface area contributed by atoms with E-state index in [1.54, 1.807) is 0 Å². The van der Waals surface area contributed by atoms with E-state index in [-0.39, 0.29) is 11.8 Å². The quantitative estimate of drug-likeness (QED) is 0.888. The third-order valence-electron chi connectivity index (χ3n) is 4.43. The van der Waals surface area contributed by atoms with Crippen molar-refractivity contribution < 1.29 is 9.53 Å². The standard InChI is InChI=1S/C18H16BrNO2/c19-15-2-1-11-7-14(8-13(11)9-15)18(21)20-16-3-4-17-12(10-16)5-6-22-17/h1-4,9-10,14H,5-8H2,(H,20,21). The Morgan fingerprint density at radius 3 is 2.86 bits per heavy atom. The van der Waals surface area contributed by atoms with Gasteiger partial charge in [0.05, 0.1) is 6.61 Å². The summed E-state index contributed by atoms with van der Waals surface area (Å²) in [6.07, 6.45) is 2.55. The zero-order valence-corrected chi connectivity index (χ0v) is 13.7. The first-order chi connectivity index (χ1) is 10.7. The summed E-state index contributed by atoms with van der Waals surface area (Å²) in [6.45, 7) is 0.736. The molecule has 1 atom stereocenters. The summed E-state index contributed by atoms with van der Waals surface area (Å²) < 4.78 is 6.57. The number of carbonyl (C=O) groups excluding carboxylic acids is 1. The van der Waals surface area contributed by atoms with E-state index < -0.39 is 0 Å². The number of rotatable bonds is 2. The van der Waals surface area contributed by atoms with Gasteiger partial charge in [0, 0.05) is 22.5 Å². The fourth-order valence-corrected chi connectivity index (χ4v) is 3.69. The van der Waals surface area contributed by atoms with Crippen molar-refractivity contribution in [1.29, 1.82) is 0 Å². The van der Waals surface area contributed by atoms with Gasteiger partial charge in [-0.2, -0.15) is 0 Å². The number of nitrogens with one attached hydrogen (secondary N) is 1. The van der Waals surface area contributed by atoms with Gasteiger partial charge in [-0.1, -0.05) is 22.0 Å². The van der Waals surface area contributed by atoms with Crippen molar-refractivity contribution in [3.05, 3.63) is 57.6 Å². The van der Waals surface area contributed by atoms with Gasteiger partial charge in [0.1, 0.15) is 5.75 Å². The van der Waals surface area contributed by atoms with Gasteiger partial charge in [-0.25, -0.2) is 0 Å². The molecular weight excluding hydrogens is 342 g/mol. The SMILES string of the molecule is O=C(Nc1ccc2c(c1)CCO2)C1Cc2ccc(Br)cc2C1. The lowest BCUT2D eigenvalue weighted by atomic mass is 10.1. The minimum Gasteiger partial charge on any atom is -0.493 e. The lowest BCUT2D eigenvalue weighted by molar-refractivity contribution is -0.119. The summed E-state index contributed by atoms with van der Waals surface area (Å²) in [7, 11) is 0. The second kappa shape index (κ2) is 5.43. The van der Waals surface area contributed by atoms with Crippen LogP contribution < -0.4 is 10.1 Å². The van der Waals surface area contributed by atoms with Gasteiger partial charge in [0.25, 0.3) is 0 Å². The number of anilines is 1. The van der Waals surface area contributed by atoms with E-state index in [0.29, 0.717) is 0 Å². The number of hydrogen-bond acceptors (Lipinski definition) is 2. The molecule has 0 spiro atoms. The molecule has 4 heteroatoms. The first-order valence-corrected chi connectivity index (χ1v) is 8.32. The monoisotopic (exact) mass is 357 g/mol. The van der Waals surface area contributed by atoms with Gasteiger partial charge in [0.2, 0.25) is 5.91 Å². The first kappa shape index (κ1) is 13.8. The Labute approximate surface area is 137 Å². The van der Waals surface area contributed by atoms with E-state index in [4.69, 9.17) is 4.74 Å². The maximum absolute atomic E-state index is 12.5. The molecule has 1 unspecified atom stereocenters. The average Bonchev–Trinajstić information content (AvgIpc) is 3.12. The van der Waals surface area contributed by atoms with Crippen LogP contribution in [0.5, 0.6) is 5.75 Å². The highest BCUT2D eigenvalue weighted by molar-refractivity contribution is 9.10. The summed E-state index contributed by atoms with van der Waals surface area (Å²) >= 11 is 3.49. The van der Waals surface area contributed by atoms with Crippen molar-refractivity contribution in [2.45, 2.75) is 19.3 Å². The maximum Gasteiger partial charge on any atom is 0.228 e. The van der Waals surface area contributed by atoms with Crippen molar-refractivity contribution in [2.75, 3.05) is 11.9 Å². The average molecular weight is 358 g/mol. The fraction of sp³-hybridized carbons (Fsp3) is 0.278. The molecule has 112 valence electrons. The van der Waals surface area contributed by atoms with E-state index >= 15 is 0 Å². The zero-order chi connectivity index (χ0) is 15.1.